The molecule has 0 amide bonds. The standard InChI is InChI=1S/C22H46N2/c1-3-5-7-9-11-15-19-23-21-17-13-14-18-22(21)24-20-16-12-10-8-6-4-2/h21-24H,3-20H2,1-2H3/t21-,22-/m0/s1. The Morgan fingerprint density at radius 3 is 1.33 bits per heavy atom. The molecule has 24 heavy (non-hydrogen) atoms. The van der Waals surface area contributed by atoms with Crippen LogP contribution < -0.4 is 10.6 Å². The molecule has 0 unspecified atom stereocenters. The van der Waals surface area contributed by atoms with Crippen LogP contribution in [0.25, 0.3) is 0 Å². The normalized spacial score (nSPS) is 21.2. The fourth-order valence-corrected chi connectivity index (χ4v) is 4.01. The molecule has 1 fully saturated rings. The van der Waals surface area contributed by atoms with E-state index in [4.69, 9.17) is 0 Å². The molecule has 0 aliphatic heterocycles. The van der Waals surface area contributed by atoms with Gasteiger partial charge in [0.1, 0.15) is 0 Å². The Kier molecular flexibility index (Phi) is 15.0. The number of rotatable bonds is 16. The molecule has 0 bridgehead atoms. The van der Waals surface area contributed by atoms with Crippen molar-refractivity contribution >= 4 is 0 Å². The summed E-state index contributed by atoms with van der Waals surface area (Å²) in [5, 5.41) is 7.74. The van der Waals surface area contributed by atoms with Crippen LogP contribution in [0.2, 0.25) is 0 Å². The van der Waals surface area contributed by atoms with Crippen molar-refractivity contribution in [1.29, 1.82) is 0 Å². The van der Waals surface area contributed by atoms with E-state index in [-0.39, 0.29) is 0 Å². The van der Waals surface area contributed by atoms with Crippen molar-refractivity contribution in [2.24, 2.45) is 0 Å². The van der Waals surface area contributed by atoms with E-state index >= 15 is 0 Å². The van der Waals surface area contributed by atoms with Crippen LogP contribution in [-0.4, -0.2) is 25.2 Å². The van der Waals surface area contributed by atoms with Gasteiger partial charge in [-0.2, -0.15) is 0 Å². The van der Waals surface area contributed by atoms with Crippen molar-refractivity contribution in [3.63, 3.8) is 0 Å². The van der Waals surface area contributed by atoms with Gasteiger partial charge in [-0.3, -0.25) is 0 Å². The third kappa shape index (κ3) is 11.5. The number of nitrogens with one attached hydrogen (secondary N) is 2. The lowest BCUT2D eigenvalue weighted by molar-refractivity contribution is 0.281. The molecule has 2 heteroatoms. The molecule has 0 aromatic heterocycles. The van der Waals surface area contributed by atoms with Crippen molar-refractivity contribution in [3.8, 4) is 0 Å². The van der Waals surface area contributed by atoms with Gasteiger partial charge in [-0.15, -0.1) is 0 Å². The first-order chi connectivity index (χ1) is 11.9. The van der Waals surface area contributed by atoms with E-state index in [2.05, 4.69) is 24.5 Å². The lowest BCUT2D eigenvalue weighted by Crippen LogP contribution is -2.50. The first-order valence-corrected chi connectivity index (χ1v) is 11.3. The smallest absolute Gasteiger partial charge is 0.0221 e. The van der Waals surface area contributed by atoms with Crippen molar-refractivity contribution < 1.29 is 0 Å². The molecular weight excluding hydrogens is 292 g/mol. The largest absolute Gasteiger partial charge is 0.312 e. The molecule has 2 nitrogen and oxygen atoms in total. The minimum absolute atomic E-state index is 0.731. The molecular formula is C22H46N2. The van der Waals surface area contributed by atoms with Crippen molar-refractivity contribution in [3.05, 3.63) is 0 Å². The number of unbranched alkanes of at least 4 members (excludes halogenated alkanes) is 10. The van der Waals surface area contributed by atoms with Gasteiger partial charge in [0, 0.05) is 12.1 Å². The fourth-order valence-electron chi connectivity index (χ4n) is 4.01. The summed E-state index contributed by atoms with van der Waals surface area (Å²) in [5.74, 6) is 0. The van der Waals surface area contributed by atoms with Crippen molar-refractivity contribution in [2.75, 3.05) is 13.1 Å². The summed E-state index contributed by atoms with van der Waals surface area (Å²) in [5.41, 5.74) is 0. The third-order valence-electron chi connectivity index (χ3n) is 5.64. The van der Waals surface area contributed by atoms with Crippen LogP contribution in [0.15, 0.2) is 0 Å². The van der Waals surface area contributed by atoms with Gasteiger partial charge < -0.3 is 10.6 Å². The Bertz CT molecular complexity index is 228. The maximum absolute atomic E-state index is 3.87. The first kappa shape index (κ1) is 22.0. The van der Waals surface area contributed by atoms with E-state index in [0.717, 1.165) is 12.1 Å². The van der Waals surface area contributed by atoms with Gasteiger partial charge in [0.15, 0.2) is 0 Å². The fraction of sp³-hybridized carbons (Fsp3) is 1.00. The minimum atomic E-state index is 0.731. The number of hydrogen-bond donors (Lipinski definition) is 2. The van der Waals surface area contributed by atoms with E-state index in [1.165, 1.54) is 116 Å². The second kappa shape index (κ2) is 16.4. The molecule has 0 radical (unpaired) electrons. The Morgan fingerprint density at radius 1 is 0.542 bits per heavy atom. The highest BCUT2D eigenvalue weighted by atomic mass is 15.0. The van der Waals surface area contributed by atoms with Crippen molar-refractivity contribution in [1.82, 2.24) is 10.6 Å². The molecule has 0 heterocycles. The van der Waals surface area contributed by atoms with Gasteiger partial charge in [-0.1, -0.05) is 90.9 Å². The predicted octanol–water partition coefficient (Wildman–Crippen LogP) is 6.20. The maximum Gasteiger partial charge on any atom is 0.0221 e. The van der Waals surface area contributed by atoms with Crippen LogP contribution in [0.3, 0.4) is 0 Å². The van der Waals surface area contributed by atoms with Gasteiger partial charge in [0.25, 0.3) is 0 Å². The van der Waals surface area contributed by atoms with Gasteiger partial charge in [0.05, 0.1) is 0 Å². The van der Waals surface area contributed by atoms with Crippen LogP contribution in [0.1, 0.15) is 117 Å². The van der Waals surface area contributed by atoms with Gasteiger partial charge in [0.2, 0.25) is 0 Å². The molecule has 0 aromatic carbocycles. The molecule has 1 saturated carbocycles. The van der Waals surface area contributed by atoms with Gasteiger partial charge in [-0.05, 0) is 38.8 Å². The van der Waals surface area contributed by atoms with Crippen molar-refractivity contribution in [2.45, 2.75) is 129 Å². The third-order valence-corrected chi connectivity index (χ3v) is 5.64. The van der Waals surface area contributed by atoms with Crippen LogP contribution >= 0.6 is 0 Å². The molecule has 0 spiro atoms. The van der Waals surface area contributed by atoms with Gasteiger partial charge >= 0.3 is 0 Å². The summed E-state index contributed by atoms with van der Waals surface area (Å²) in [6.45, 7) is 7.05. The maximum atomic E-state index is 3.87. The average Bonchev–Trinajstić information content (AvgIpc) is 2.61. The topological polar surface area (TPSA) is 24.1 Å². The highest BCUT2D eigenvalue weighted by Crippen LogP contribution is 2.19. The quantitative estimate of drug-likeness (QED) is 0.327. The van der Waals surface area contributed by atoms with E-state index in [1.54, 1.807) is 0 Å². The summed E-state index contributed by atoms with van der Waals surface area (Å²) in [7, 11) is 0. The second-order valence-corrected chi connectivity index (χ2v) is 7.94. The predicted molar refractivity (Wildman–Crippen MR) is 109 cm³/mol. The second-order valence-electron chi connectivity index (χ2n) is 7.94. The first-order valence-electron chi connectivity index (χ1n) is 11.3. The lowest BCUT2D eigenvalue weighted by atomic mass is 9.90. The summed E-state index contributed by atoms with van der Waals surface area (Å²) >= 11 is 0. The average molecular weight is 339 g/mol. The highest BCUT2D eigenvalue weighted by molar-refractivity contribution is 4.86. The van der Waals surface area contributed by atoms with Crippen LogP contribution in [0.5, 0.6) is 0 Å². The Hall–Kier alpha value is -0.0800. The van der Waals surface area contributed by atoms with E-state index in [1.807, 2.05) is 0 Å². The molecule has 144 valence electrons. The Morgan fingerprint density at radius 2 is 0.917 bits per heavy atom. The molecule has 1 aliphatic carbocycles. The molecule has 0 saturated heterocycles. The monoisotopic (exact) mass is 338 g/mol. The zero-order valence-corrected chi connectivity index (χ0v) is 16.9. The minimum Gasteiger partial charge on any atom is -0.312 e. The van der Waals surface area contributed by atoms with Crippen LogP contribution in [0, 0.1) is 0 Å². The SMILES string of the molecule is CCCCCCCCN[C@H]1CCCC[C@@H]1NCCCCCCCC. The Labute approximate surface area is 152 Å². The number of hydrogen-bond acceptors (Lipinski definition) is 2. The summed E-state index contributed by atoms with van der Waals surface area (Å²) in [4.78, 5) is 0. The summed E-state index contributed by atoms with van der Waals surface area (Å²) < 4.78 is 0. The van der Waals surface area contributed by atoms with E-state index in [9.17, 15) is 0 Å². The highest BCUT2D eigenvalue weighted by Gasteiger charge is 2.23. The summed E-state index contributed by atoms with van der Waals surface area (Å²) in [6.07, 6.45) is 22.4. The molecule has 1 aliphatic rings. The molecule has 0 aromatic rings. The zero-order chi connectivity index (χ0) is 17.3. The van der Waals surface area contributed by atoms with E-state index < -0.39 is 0 Å². The zero-order valence-electron chi connectivity index (χ0n) is 16.9. The van der Waals surface area contributed by atoms with Crippen LogP contribution in [0.4, 0.5) is 0 Å². The molecule has 2 atom stereocenters. The lowest BCUT2D eigenvalue weighted by Gasteiger charge is -2.33. The van der Waals surface area contributed by atoms with E-state index in [0.29, 0.717) is 0 Å². The molecule has 2 N–H and O–H groups in total. The summed E-state index contributed by atoms with van der Waals surface area (Å²) in [6, 6.07) is 1.46. The molecule has 1 rings (SSSR count). The van der Waals surface area contributed by atoms with Crippen LogP contribution in [-0.2, 0) is 0 Å². The Balaban J connectivity index is 2.02. The van der Waals surface area contributed by atoms with Gasteiger partial charge in [-0.25, -0.2) is 0 Å².